The van der Waals surface area contributed by atoms with E-state index >= 15 is 0 Å². The van der Waals surface area contributed by atoms with Crippen LogP contribution in [-0.4, -0.2) is 11.0 Å². The van der Waals surface area contributed by atoms with Crippen molar-refractivity contribution < 1.29 is 0 Å². The normalized spacial score (nSPS) is 27.1. The van der Waals surface area contributed by atoms with Crippen molar-refractivity contribution >= 4 is 17.3 Å². The number of hydrogen-bond donors (Lipinski definition) is 1. The number of aryl methyl sites for hydroxylation is 1. The molecule has 3 heteroatoms. The Kier molecular flexibility index (Phi) is 3.35. The van der Waals surface area contributed by atoms with Crippen LogP contribution in [0.4, 0.5) is 5.69 Å². The van der Waals surface area contributed by atoms with Crippen LogP contribution in [0.2, 0.25) is 5.15 Å². The summed E-state index contributed by atoms with van der Waals surface area (Å²) in [5.41, 5.74) is 2.56. The maximum absolute atomic E-state index is 5.93. The molecule has 2 unspecified atom stereocenters. The van der Waals surface area contributed by atoms with Crippen molar-refractivity contribution in [3.8, 4) is 0 Å². The number of anilines is 1. The lowest BCUT2D eigenvalue weighted by atomic mass is 9.91. The van der Waals surface area contributed by atoms with Crippen molar-refractivity contribution in [1.29, 1.82) is 0 Å². The Morgan fingerprint density at radius 2 is 2.12 bits per heavy atom. The molecule has 94 valence electrons. The molecule has 17 heavy (non-hydrogen) atoms. The minimum atomic E-state index is 0.450. The molecule has 1 aromatic rings. The molecule has 2 rings (SSSR count). The Balaban J connectivity index is 2.08. The molecule has 1 saturated carbocycles. The van der Waals surface area contributed by atoms with Gasteiger partial charge in [-0.25, -0.2) is 4.98 Å². The molecule has 2 atom stereocenters. The highest BCUT2D eigenvalue weighted by atomic mass is 35.5. The molecule has 0 bridgehead atoms. The first-order valence-electron chi connectivity index (χ1n) is 6.26. The number of pyridine rings is 1. The lowest BCUT2D eigenvalue weighted by Gasteiger charge is -2.20. The fraction of sp³-hybridized carbons (Fsp3) is 0.643. The zero-order valence-corrected chi connectivity index (χ0v) is 11.8. The first-order chi connectivity index (χ1) is 7.87. The average molecular weight is 253 g/mol. The Morgan fingerprint density at radius 1 is 1.41 bits per heavy atom. The van der Waals surface area contributed by atoms with Gasteiger partial charge in [0.1, 0.15) is 5.15 Å². The molecule has 1 aliphatic rings. The second-order valence-electron chi connectivity index (χ2n) is 6.13. The molecule has 1 aromatic heterocycles. The molecule has 0 aliphatic heterocycles. The van der Waals surface area contributed by atoms with Gasteiger partial charge >= 0.3 is 0 Å². The standard InChI is InChI=1S/C14H21ClN2/c1-9-5-11(8-16-13(9)15)17-12-7-14(3,4)6-10(12)2/h5,8,10,12,17H,6-7H2,1-4H3. The molecule has 0 radical (unpaired) electrons. The van der Waals surface area contributed by atoms with Crippen LogP contribution in [0.5, 0.6) is 0 Å². The van der Waals surface area contributed by atoms with E-state index in [4.69, 9.17) is 11.6 Å². The van der Waals surface area contributed by atoms with Gasteiger partial charge in [-0.1, -0.05) is 32.4 Å². The maximum Gasteiger partial charge on any atom is 0.132 e. The summed E-state index contributed by atoms with van der Waals surface area (Å²) in [6.07, 6.45) is 4.33. The Labute approximate surface area is 109 Å². The van der Waals surface area contributed by atoms with Gasteiger partial charge < -0.3 is 5.32 Å². The van der Waals surface area contributed by atoms with E-state index in [9.17, 15) is 0 Å². The van der Waals surface area contributed by atoms with Crippen LogP contribution in [0.1, 0.15) is 39.2 Å². The fourth-order valence-electron chi connectivity index (χ4n) is 2.94. The van der Waals surface area contributed by atoms with Gasteiger partial charge in [0.05, 0.1) is 11.9 Å². The summed E-state index contributed by atoms with van der Waals surface area (Å²) >= 11 is 5.93. The largest absolute Gasteiger partial charge is 0.381 e. The maximum atomic E-state index is 5.93. The molecular formula is C14H21ClN2. The number of nitrogens with one attached hydrogen (secondary N) is 1. The van der Waals surface area contributed by atoms with E-state index in [1.165, 1.54) is 12.8 Å². The lowest BCUT2D eigenvalue weighted by molar-refractivity contribution is 0.366. The van der Waals surface area contributed by atoms with Gasteiger partial charge in [0.2, 0.25) is 0 Å². The molecule has 0 spiro atoms. The van der Waals surface area contributed by atoms with E-state index in [0.717, 1.165) is 11.3 Å². The third kappa shape index (κ3) is 2.92. The quantitative estimate of drug-likeness (QED) is 0.795. The van der Waals surface area contributed by atoms with Crippen LogP contribution < -0.4 is 5.32 Å². The minimum Gasteiger partial charge on any atom is -0.381 e. The second kappa shape index (κ2) is 4.49. The third-order valence-electron chi connectivity index (χ3n) is 3.70. The van der Waals surface area contributed by atoms with Crippen LogP contribution in [0.15, 0.2) is 12.3 Å². The summed E-state index contributed by atoms with van der Waals surface area (Å²) < 4.78 is 0. The summed E-state index contributed by atoms with van der Waals surface area (Å²) in [6.45, 7) is 9.00. The van der Waals surface area contributed by atoms with Gasteiger partial charge in [-0.2, -0.15) is 0 Å². The lowest BCUT2D eigenvalue weighted by Crippen LogP contribution is -2.22. The zero-order valence-electron chi connectivity index (χ0n) is 11.0. The highest BCUT2D eigenvalue weighted by Crippen LogP contribution is 2.42. The summed E-state index contributed by atoms with van der Waals surface area (Å²) in [7, 11) is 0. The molecule has 1 fully saturated rings. The average Bonchev–Trinajstić information content (AvgIpc) is 2.46. The summed E-state index contributed by atoms with van der Waals surface area (Å²) in [4.78, 5) is 4.19. The Bertz CT molecular complexity index is 415. The van der Waals surface area contributed by atoms with Crippen LogP contribution in [0.3, 0.4) is 0 Å². The van der Waals surface area contributed by atoms with E-state index < -0.39 is 0 Å². The van der Waals surface area contributed by atoms with E-state index in [2.05, 4.69) is 37.1 Å². The smallest absolute Gasteiger partial charge is 0.132 e. The zero-order chi connectivity index (χ0) is 12.6. The minimum absolute atomic E-state index is 0.450. The van der Waals surface area contributed by atoms with E-state index in [-0.39, 0.29) is 0 Å². The Hall–Kier alpha value is -0.760. The van der Waals surface area contributed by atoms with Gasteiger partial charge in [-0.05, 0) is 42.7 Å². The monoisotopic (exact) mass is 252 g/mol. The van der Waals surface area contributed by atoms with Gasteiger partial charge in [0.15, 0.2) is 0 Å². The van der Waals surface area contributed by atoms with E-state index in [1.54, 1.807) is 0 Å². The van der Waals surface area contributed by atoms with Crippen LogP contribution in [-0.2, 0) is 0 Å². The van der Waals surface area contributed by atoms with Crippen molar-refractivity contribution in [2.24, 2.45) is 11.3 Å². The first kappa shape index (κ1) is 12.7. The van der Waals surface area contributed by atoms with Crippen molar-refractivity contribution in [3.05, 3.63) is 23.0 Å². The molecule has 0 aromatic carbocycles. The van der Waals surface area contributed by atoms with Crippen molar-refractivity contribution in [2.45, 2.75) is 46.6 Å². The van der Waals surface area contributed by atoms with Gasteiger partial charge in [0.25, 0.3) is 0 Å². The molecule has 0 saturated heterocycles. The summed E-state index contributed by atoms with van der Waals surface area (Å²) in [6, 6.07) is 2.63. The SMILES string of the molecule is Cc1cc(NC2CC(C)(C)CC2C)cnc1Cl. The van der Waals surface area contributed by atoms with Crippen LogP contribution >= 0.6 is 11.6 Å². The van der Waals surface area contributed by atoms with Crippen LogP contribution in [0.25, 0.3) is 0 Å². The predicted molar refractivity (Wildman–Crippen MR) is 73.6 cm³/mol. The number of rotatable bonds is 2. The molecule has 0 amide bonds. The third-order valence-corrected chi connectivity index (χ3v) is 4.10. The number of hydrogen-bond acceptors (Lipinski definition) is 2. The highest BCUT2D eigenvalue weighted by molar-refractivity contribution is 6.30. The van der Waals surface area contributed by atoms with Gasteiger partial charge in [-0.15, -0.1) is 0 Å². The molecule has 2 nitrogen and oxygen atoms in total. The Morgan fingerprint density at radius 3 is 2.65 bits per heavy atom. The summed E-state index contributed by atoms with van der Waals surface area (Å²) in [5, 5.41) is 4.19. The first-order valence-corrected chi connectivity index (χ1v) is 6.64. The van der Waals surface area contributed by atoms with Gasteiger partial charge in [0, 0.05) is 6.04 Å². The molecule has 1 N–H and O–H groups in total. The predicted octanol–water partition coefficient (Wildman–Crippen LogP) is 4.28. The molecule has 1 aliphatic carbocycles. The number of halogens is 1. The van der Waals surface area contributed by atoms with Crippen LogP contribution in [0, 0.1) is 18.3 Å². The number of aromatic nitrogens is 1. The van der Waals surface area contributed by atoms with Gasteiger partial charge in [-0.3, -0.25) is 0 Å². The van der Waals surface area contributed by atoms with Crippen molar-refractivity contribution in [1.82, 2.24) is 4.98 Å². The van der Waals surface area contributed by atoms with E-state index in [0.29, 0.717) is 22.5 Å². The number of nitrogens with zero attached hydrogens (tertiary/aromatic N) is 1. The fourth-order valence-corrected chi connectivity index (χ4v) is 3.04. The molecular weight excluding hydrogens is 232 g/mol. The topological polar surface area (TPSA) is 24.9 Å². The highest BCUT2D eigenvalue weighted by Gasteiger charge is 2.36. The molecule has 1 heterocycles. The van der Waals surface area contributed by atoms with E-state index in [1.807, 2.05) is 13.1 Å². The van der Waals surface area contributed by atoms with Crippen molar-refractivity contribution in [2.75, 3.05) is 5.32 Å². The van der Waals surface area contributed by atoms with Crippen molar-refractivity contribution in [3.63, 3.8) is 0 Å². The second-order valence-corrected chi connectivity index (χ2v) is 6.49. The summed E-state index contributed by atoms with van der Waals surface area (Å²) in [5.74, 6) is 0.709.